The van der Waals surface area contributed by atoms with Gasteiger partial charge in [-0.15, -0.1) is 11.3 Å². The SMILES string of the molecule is N#CC(=Cc1cn[nH]c1-c1ccccc1)c1nc(-c2ccc(F)cc2)cs1. The highest BCUT2D eigenvalue weighted by Crippen LogP contribution is 2.29. The first-order valence-electron chi connectivity index (χ1n) is 8.17. The van der Waals surface area contributed by atoms with Gasteiger partial charge >= 0.3 is 0 Å². The minimum absolute atomic E-state index is 0.291. The Morgan fingerprint density at radius 3 is 2.59 bits per heavy atom. The standard InChI is InChI=1S/C21H13FN4S/c22-18-8-6-14(7-9-18)19-13-27-21(25-19)16(11-23)10-17-12-24-26-20(17)15-4-2-1-3-5-15/h1-10,12-13H,(H,24,26). The van der Waals surface area contributed by atoms with Crippen LogP contribution in [0.15, 0.2) is 66.2 Å². The lowest BCUT2D eigenvalue weighted by Gasteiger charge is -2.00. The van der Waals surface area contributed by atoms with Crippen molar-refractivity contribution in [3.63, 3.8) is 0 Å². The van der Waals surface area contributed by atoms with Gasteiger partial charge in [0, 0.05) is 22.1 Å². The topological polar surface area (TPSA) is 65.4 Å². The van der Waals surface area contributed by atoms with Crippen molar-refractivity contribution >= 4 is 23.0 Å². The molecule has 0 aliphatic carbocycles. The van der Waals surface area contributed by atoms with Crippen molar-refractivity contribution in [2.75, 3.05) is 0 Å². The van der Waals surface area contributed by atoms with E-state index in [0.29, 0.717) is 16.3 Å². The van der Waals surface area contributed by atoms with Gasteiger partial charge in [-0.25, -0.2) is 9.37 Å². The Morgan fingerprint density at radius 2 is 1.85 bits per heavy atom. The number of aromatic nitrogens is 3. The highest BCUT2D eigenvalue weighted by atomic mass is 32.1. The van der Waals surface area contributed by atoms with Gasteiger partial charge in [0.25, 0.3) is 0 Å². The highest BCUT2D eigenvalue weighted by molar-refractivity contribution is 7.11. The Morgan fingerprint density at radius 1 is 1.07 bits per heavy atom. The van der Waals surface area contributed by atoms with E-state index in [4.69, 9.17) is 0 Å². The van der Waals surface area contributed by atoms with E-state index in [2.05, 4.69) is 21.3 Å². The van der Waals surface area contributed by atoms with Crippen LogP contribution in [0.1, 0.15) is 10.6 Å². The average molecular weight is 372 g/mol. The molecular formula is C21H13FN4S. The van der Waals surface area contributed by atoms with E-state index in [0.717, 1.165) is 22.4 Å². The van der Waals surface area contributed by atoms with Crippen LogP contribution in [-0.4, -0.2) is 15.2 Å². The van der Waals surface area contributed by atoms with Crippen molar-refractivity contribution in [1.29, 1.82) is 5.26 Å². The number of benzene rings is 2. The number of H-pyrrole nitrogens is 1. The first-order chi connectivity index (χ1) is 13.2. The molecule has 1 N–H and O–H groups in total. The van der Waals surface area contributed by atoms with E-state index in [1.165, 1.54) is 23.5 Å². The smallest absolute Gasteiger partial charge is 0.134 e. The monoisotopic (exact) mass is 372 g/mol. The van der Waals surface area contributed by atoms with Crippen LogP contribution in [0.25, 0.3) is 34.2 Å². The number of thiazole rings is 1. The van der Waals surface area contributed by atoms with E-state index in [-0.39, 0.29) is 5.82 Å². The summed E-state index contributed by atoms with van der Waals surface area (Å²) in [5.74, 6) is -0.291. The zero-order valence-corrected chi connectivity index (χ0v) is 14.9. The summed E-state index contributed by atoms with van der Waals surface area (Å²) in [7, 11) is 0. The number of halogens is 1. The fourth-order valence-electron chi connectivity index (χ4n) is 2.69. The molecule has 2 aromatic carbocycles. The van der Waals surface area contributed by atoms with E-state index < -0.39 is 0 Å². The first kappa shape index (κ1) is 16.9. The van der Waals surface area contributed by atoms with Gasteiger partial charge in [-0.3, -0.25) is 5.10 Å². The van der Waals surface area contributed by atoms with Gasteiger partial charge in [0.2, 0.25) is 0 Å². The Hall–Kier alpha value is -3.56. The predicted molar refractivity (Wildman–Crippen MR) is 105 cm³/mol. The molecule has 2 heterocycles. The summed E-state index contributed by atoms with van der Waals surface area (Å²) in [4.78, 5) is 4.54. The summed E-state index contributed by atoms with van der Waals surface area (Å²) in [6.45, 7) is 0. The number of aromatic amines is 1. The molecule has 2 aromatic heterocycles. The van der Waals surface area contributed by atoms with Gasteiger partial charge in [0.05, 0.1) is 23.2 Å². The second-order valence-corrected chi connectivity index (χ2v) is 6.64. The van der Waals surface area contributed by atoms with E-state index in [1.807, 2.05) is 35.7 Å². The molecule has 4 nitrogen and oxygen atoms in total. The third-order valence-electron chi connectivity index (χ3n) is 4.03. The molecule has 0 aliphatic rings. The molecule has 0 bridgehead atoms. The molecule has 0 atom stereocenters. The Labute approximate surface area is 159 Å². The lowest BCUT2D eigenvalue weighted by Crippen LogP contribution is -1.85. The maximum Gasteiger partial charge on any atom is 0.134 e. The number of nitrogens with zero attached hydrogens (tertiary/aromatic N) is 3. The summed E-state index contributed by atoms with van der Waals surface area (Å²) in [6.07, 6.45) is 3.47. The predicted octanol–water partition coefficient (Wildman–Crippen LogP) is 5.40. The number of allylic oxidation sites excluding steroid dienone is 1. The van der Waals surface area contributed by atoms with Gasteiger partial charge in [-0.1, -0.05) is 30.3 Å². The first-order valence-corrected chi connectivity index (χ1v) is 9.05. The molecule has 27 heavy (non-hydrogen) atoms. The minimum Gasteiger partial charge on any atom is -0.277 e. The van der Waals surface area contributed by atoms with Gasteiger partial charge in [-0.05, 0) is 30.3 Å². The number of nitrogens with one attached hydrogen (secondary N) is 1. The van der Waals surface area contributed by atoms with Crippen molar-refractivity contribution in [2.24, 2.45) is 0 Å². The van der Waals surface area contributed by atoms with Gasteiger partial charge in [0.15, 0.2) is 0 Å². The third kappa shape index (κ3) is 3.54. The van der Waals surface area contributed by atoms with Crippen LogP contribution in [0.4, 0.5) is 4.39 Å². The largest absolute Gasteiger partial charge is 0.277 e. The van der Waals surface area contributed by atoms with Gasteiger partial charge < -0.3 is 0 Å². The molecular weight excluding hydrogens is 359 g/mol. The summed E-state index contributed by atoms with van der Waals surface area (Å²) in [5.41, 5.74) is 4.63. The second-order valence-electron chi connectivity index (χ2n) is 5.78. The van der Waals surface area contributed by atoms with E-state index >= 15 is 0 Å². The summed E-state index contributed by atoms with van der Waals surface area (Å²) in [6, 6.07) is 18.2. The molecule has 0 saturated heterocycles. The number of nitriles is 1. The van der Waals surface area contributed by atoms with Crippen molar-refractivity contribution in [2.45, 2.75) is 0 Å². The summed E-state index contributed by atoms with van der Waals surface area (Å²) in [5, 5.41) is 19.2. The Balaban J connectivity index is 1.69. The molecule has 0 spiro atoms. The third-order valence-corrected chi connectivity index (χ3v) is 4.90. The van der Waals surface area contributed by atoms with Crippen LogP contribution < -0.4 is 0 Å². The van der Waals surface area contributed by atoms with Crippen LogP contribution in [0.5, 0.6) is 0 Å². The Kier molecular flexibility index (Phi) is 4.60. The maximum atomic E-state index is 13.1. The zero-order chi connectivity index (χ0) is 18.6. The number of rotatable bonds is 4. The van der Waals surface area contributed by atoms with Crippen molar-refractivity contribution in [3.05, 3.63) is 82.6 Å². The fourth-order valence-corrected chi connectivity index (χ4v) is 3.48. The number of hydrogen-bond acceptors (Lipinski definition) is 4. The van der Waals surface area contributed by atoms with Gasteiger partial charge in [0.1, 0.15) is 16.9 Å². The average Bonchev–Trinajstić information content (AvgIpc) is 3.37. The second kappa shape index (κ2) is 7.36. The minimum atomic E-state index is -0.291. The fraction of sp³-hybridized carbons (Fsp3) is 0. The summed E-state index contributed by atoms with van der Waals surface area (Å²) >= 11 is 1.38. The van der Waals surface area contributed by atoms with Crippen LogP contribution >= 0.6 is 11.3 Å². The van der Waals surface area contributed by atoms with Crippen LogP contribution in [0, 0.1) is 17.1 Å². The quantitative estimate of drug-likeness (QED) is 0.488. The molecule has 0 radical (unpaired) electrons. The molecule has 0 fully saturated rings. The zero-order valence-electron chi connectivity index (χ0n) is 14.1. The van der Waals surface area contributed by atoms with Crippen molar-refractivity contribution in [1.82, 2.24) is 15.2 Å². The summed E-state index contributed by atoms with van der Waals surface area (Å²) < 4.78 is 13.1. The molecule has 4 aromatic rings. The van der Waals surface area contributed by atoms with Crippen molar-refractivity contribution < 1.29 is 4.39 Å². The molecule has 0 saturated carbocycles. The lowest BCUT2D eigenvalue weighted by molar-refractivity contribution is 0.628. The van der Waals surface area contributed by atoms with E-state index in [9.17, 15) is 9.65 Å². The van der Waals surface area contributed by atoms with Crippen LogP contribution in [0.2, 0.25) is 0 Å². The van der Waals surface area contributed by atoms with Crippen LogP contribution in [-0.2, 0) is 0 Å². The van der Waals surface area contributed by atoms with Crippen molar-refractivity contribution in [3.8, 4) is 28.6 Å². The van der Waals surface area contributed by atoms with Crippen LogP contribution in [0.3, 0.4) is 0 Å². The molecule has 6 heteroatoms. The maximum absolute atomic E-state index is 13.1. The van der Waals surface area contributed by atoms with Gasteiger partial charge in [-0.2, -0.15) is 10.4 Å². The Bertz CT molecular complexity index is 1130. The lowest BCUT2D eigenvalue weighted by atomic mass is 10.1. The van der Waals surface area contributed by atoms with E-state index in [1.54, 1.807) is 24.4 Å². The molecule has 0 aliphatic heterocycles. The normalized spacial score (nSPS) is 11.3. The number of hydrogen-bond donors (Lipinski definition) is 1. The molecule has 0 unspecified atom stereocenters. The molecule has 130 valence electrons. The molecule has 4 rings (SSSR count). The highest BCUT2D eigenvalue weighted by Gasteiger charge is 2.12. The molecule has 0 amide bonds.